The molecular formula is C16H13N3O7. The second-order valence-electron chi connectivity index (χ2n) is 5.28. The fourth-order valence-corrected chi connectivity index (χ4v) is 2.14. The molecule has 0 aliphatic heterocycles. The van der Waals surface area contributed by atoms with Crippen molar-refractivity contribution in [3.63, 3.8) is 0 Å². The number of aryl methyl sites for hydroxylation is 1. The van der Waals surface area contributed by atoms with Crippen LogP contribution in [0.15, 0.2) is 36.4 Å². The van der Waals surface area contributed by atoms with Gasteiger partial charge in [-0.25, -0.2) is 0 Å². The first kappa shape index (κ1) is 18.5. The van der Waals surface area contributed by atoms with Crippen molar-refractivity contribution in [2.75, 3.05) is 5.32 Å². The number of hydrogen-bond acceptors (Lipinski definition) is 7. The van der Waals surface area contributed by atoms with Crippen LogP contribution in [-0.2, 0) is 4.79 Å². The molecule has 2 aromatic carbocycles. The molecule has 0 saturated carbocycles. The van der Waals surface area contributed by atoms with E-state index in [2.05, 4.69) is 5.32 Å². The third-order valence-electron chi connectivity index (χ3n) is 3.29. The quantitative estimate of drug-likeness (QED) is 0.374. The molecule has 0 atom stereocenters. The molecule has 0 spiro atoms. The first-order valence-corrected chi connectivity index (χ1v) is 7.21. The van der Waals surface area contributed by atoms with Gasteiger partial charge >= 0.3 is 5.97 Å². The molecule has 1 amide bonds. The number of esters is 1. The Balaban J connectivity index is 2.31. The van der Waals surface area contributed by atoms with E-state index in [9.17, 15) is 29.8 Å². The minimum atomic E-state index is -0.817. The molecule has 2 aromatic rings. The van der Waals surface area contributed by atoms with Crippen LogP contribution in [0.3, 0.4) is 0 Å². The topological polar surface area (TPSA) is 142 Å². The number of carbonyl (C=O) groups excluding carboxylic acids is 2. The predicted octanol–water partition coefficient (Wildman–Crippen LogP) is 2.99. The average molecular weight is 359 g/mol. The van der Waals surface area contributed by atoms with Gasteiger partial charge in [-0.1, -0.05) is 0 Å². The van der Waals surface area contributed by atoms with Gasteiger partial charge in [-0.3, -0.25) is 29.8 Å². The highest BCUT2D eigenvalue weighted by Crippen LogP contribution is 2.25. The van der Waals surface area contributed by atoms with Crippen molar-refractivity contribution in [1.82, 2.24) is 0 Å². The number of hydrogen-bond donors (Lipinski definition) is 1. The highest BCUT2D eigenvalue weighted by Gasteiger charge is 2.20. The fraction of sp³-hybridized carbons (Fsp3) is 0.125. The van der Waals surface area contributed by atoms with E-state index >= 15 is 0 Å². The Kier molecular flexibility index (Phi) is 5.26. The number of nitrogens with one attached hydrogen (secondary N) is 1. The number of anilines is 1. The lowest BCUT2D eigenvalue weighted by Gasteiger charge is -2.10. The zero-order valence-electron chi connectivity index (χ0n) is 13.7. The second kappa shape index (κ2) is 7.38. The van der Waals surface area contributed by atoms with Crippen molar-refractivity contribution >= 4 is 28.9 Å². The molecule has 134 valence electrons. The Hall–Kier alpha value is -3.82. The summed E-state index contributed by atoms with van der Waals surface area (Å²) in [5, 5.41) is 24.3. The average Bonchev–Trinajstić information content (AvgIpc) is 2.56. The number of nitrogens with zero attached hydrogens (tertiary/aromatic N) is 2. The molecule has 0 saturated heterocycles. The predicted molar refractivity (Wildman–Crippen MR) is 90.2 cm³/mol. The first-order valence-electron chi connectivity index (χ1n) is 7.21. The Morgan fingerprint density at radius 2 is 1.58 bits per heavy atom. The van der Waals surface area contributed by atoms with E-state index in [4.69, 9.17) is 4.74 Å². The molecule has 1 N–H and O–H groups in total. The van der Waals surface area contributed by atoms with E-state index in [1.165, 1.54) is 25.1 Å². The van der Waals surface area contributed by atoms with E-state index in [-0.39, 0.29) is 5.56 Å². The lowest BCUT2D eigenvalue weighted by molar-refractivity contribution is -0.394. The van der Waals surface area contributed by atoms with Crippen molar-refractivity contribution < 1.29 is 24.2 Å². The third kappa shape index (κ3) is 4.38. The fourth-order valence-electron chi connectivity index (χ4n) is 2.14. The minimum absolute atomic E-state index is 0.227. The van der Waals surface area contributed by atoms with Gasteiger partial charge < -0.3 is 10.1 Å². The number of non-ortho nitro benzene ring substituents is 2. The van der Waals surface area contributed by atoms with Crippen molar-refractivity contribution in [2.45, 2.75) is 13.8 Å². The summed E-state index contributed by atoms with van der Waals surface area (Å²) in [5.74, 6) is -0.954. The summed E-state index contributed by atoms with van der Waals surface area (Å²) in [4.78, 5) is 43.4. The van der Waals surface area contributed by atoms with Crippen molar-refractivity contribution in [3.8, 4) is 5.75 Å². The molecule has 0 unspecified atom stereocenters. The van der Waals surface area contributed by atoms with Gasteiger partial charge in [0.05, 0.1) is 21.5 Å². The van der Waals surface area contributed by atoms with Crippen molar-refractivity contribution in [1.29, 1.82) is 0 Å². The standard InChI is InChI=1S/C16H13N3O7/c1-9-5-14(26-10(2)20)3-4-15(9)17-16(21)11-6-12(18(22)23)8-13(7-11)19(24)25/h3-8H,1-2H3,(H,17,21). The Labute approximate surface area is 146 Å². The van der Waals surface area contributed by atoms with E-state index in [0.29, 0.717) is 17.0 Å². The number of amides is 1. The van der Waals surface area contributed by atoms with Crippen LogP contribution in [-0.4, -0.2) is 21.7 Å². The molecule has 0 aliphatic carbocycles. The highest BCUT2D eigenvalue weighted by atomic mass is 16.6. The second-order valence-corrected chi connectivity index (χ2v) is 5.28. The minimum Gasteiger partial charge on any atom is -0.427 e. The zero-order valence-corrected chi connectivity index (χ0v) is 13.7. The van der Waals surface area contributed by atoms with E-state index < -0.39 is 33.1 Å². The van der Waals surface area contributed by atoms with Crippen molar-refractivity contribution in [3.05, 3.63) is 67.8 Å². The maximum atomic E-state index is 12.3. The largest absolute Gasteiger partial charge is 0.427 e. The lowest BCUT2D eigenvalue weighted by atomic mass is 10.1. The SMILES string of the molecule is CC(=O)Oc1ccc(NC(=O)c2cc([N+](=O)[O-])cc([N+](=O)[O-])c2)c(C)c1. The number of ether oxygens (including phenoxy) is 1. The number of nitro groups is 2. The van der Waals surface area contributed by atoms with Crippen LogP contribution in [0.5, 0.6) is 5.75 Å². The first-order chi connectivity index (χ1) is 12.2. The number of carbonyl (C=O) groups is 2. The zero-order chi connectivity index (χ0) is 19.4. The van der Waals surface area contributed by atoms with Crippen LogP contribution in [0.1, 0.15) is 22.8 Å². The smallest absolute Gasteiger partial charge is 0.308 e. The van der Waals surface area contributed by atoms with Gasteiger partial charge in [0.1, 0.15) is 5.75 Å². The highest BCUT2D eigenvalue weighted by molar-refractivity contribution is 6.05. The molecule has 0 heterocycles. The van der Waals surface area contributed by atoms with Crippen molar-refractivity contribution in [2.24, 2.45) is 0 Å². The van der Waals surface area contributed by atoms with Crippen LogP contribution in [0, 0.1) is 27.2 Å². The monoisotopic (exact) mass is 359 g/mol. The molecule has 26 heavy (non-hydrogen) atoms. The molecule has 0 bridgehead atoms. The summed E-state index contributed by atoms with van der Waals surface area (Å²) < 4.78 is 4.92. The number of nitro benzene ring substituents is 2. The molecule has 0 aromatic heterocycles. The summed E-state index contributed by atoms with van der Waals surface area (Å²) >= 11 is 0. The third-order valence-corrected chi connectivity index (χ3v) is 3.29. The van der Waals surface area contributed by atoms with Crippen LogP contribution >= 0.6 is 0 Å². The summed E-state index contributed by atoms with van der Waals surface area (Å²) in [7, 11) is 0. The van der Waals surface area contributed by atoms with Gasteiger partial charge in [-0.05, 0) is 30.7 Å². The Bertz CT molecular complexity index is 892. The lowest BCUT2D eigenvalue weighted by Crippen LogP contribution is -2.13. The van der Waals surface area contributed by atoms with E-state index in [0.717, 1.165) is 18.2 Å². The van der Waals surface area contributed by atoms with Crippen LogP contribution in [0.25, 0.3) is 0 Å². The van der Waals surface area contributed by atoms with Crippen LogP contribution < -0.4 is 10.1 Å². The molecular weight excluding hydrogens is 346 g/mol. The maximum absolute atomic E-state index is 12.3. The Morgan fingerprint density at radius 3 is 2.04 bits per heavy atom. The number of benzene rings is 2. The summed E-state index contributed by atoms with van der Waals surface area (Å²) in [5.41, 5.74) is -0.427. The van der Waals surface area contributed by atoms with E-state index in [1.807, 2.05) is 0 Å². The van der Waals surface area contributed by atoms with Crippen LogP contribution in [0.4, 0.5) is 17.1 Å². The van der Waals surface area contributed by atoms with E-state index in [1.54, 1.807) is 6.92 Å². The van der Waals surface area contributed by atoms with Gasteiger partial charge in [0.2, 0.25) is 0 Å². The summed E-state index contributed by atoms with van der Waals surface area (Å²) in [6.07, 6.45) is 0. The van der Waals surface area contributed by atoms with Crippen LogP contribution in [0.2, 0.25) is 0 Å². The molecule has 2 rings (SSSR count). The molecule has 0 fully saturated rings. The normalized spacial score (nSPS) is 10.1. The van der Waals surface area contributed by atoms with Gasteiger partial charge in [0, 0.05) is 24.7 Å². The molecule has 0 aliphatic rings. The summed E-state index contributed by atoms with van der Waals surface area (Å²) in [6.45, 7) is 2.90. The summed E-state index contributed by atoms with van der Waals surface area (Å²) in [6, 6.07) is 7.13. The number of rotatable bonds is 5. The van der Waals surface area contributed by atoms with Gasteiger partial charge in [0.15, 0.2) is 0 Å². The Morgan fingerprint density at radius 1 is 1.00 bits per heavy atom. The molecule has 10 nitrogen and oxygen atoms in total. The van der Waals surface area contributed by atoms with Gasteiger partial charge in [-0.2, -0.15) is 0 Å². The van der Waals surface area contributed by atoms with Gasteiger partial charge in [-0.15, -0.1) is 0 Å². The maximum Gasteiger partial charge on any atom is 0.308 e. The molecule has 10 heteroatoms. The molecule has 0 radical (unpaired) electrons. The van der Waals surface area contributed by atoms with Gasteiger partial charge in [0.25, 0.3) is 17.3 Å².